The minimum atomic E-state index is -0.214. The predicted molar refractivity (Wildman–Crippen MR) is 65.0 cm³/mol. The lowest BCUT2D eigenvalue weighted by Gasteiger charge is -2.36. The fourth-order valence-electron chi connectivity index (χ4n) is 2.56. The van der Waals surface area contributed by atoms with Crippen molar-refractivity contribution in [3.8, 4) is 0 Å². The Morgan fingerprint density at radius 1 is 1.24 bits per heavy atom. The van der Waals surface area contributed by atoms with Gasteiger partial charge in [-0.05, 0) is 26.7 Å². The third-order valence-electron chi connectivity index (χ3n) is 3.77. The van der Waals surface area contributed by atoms with Crippen LogP contribution in [0.3, 0.4) is 0 Å². The smallest absolute Gasteiger partial charge is 0.166 e. The Balaban J connectivity index is 1.89. The second kappa shape index (κ2) is 5.94. The van der Waals surface area contributed by atoms with Crippen molar-refractivity contribution < 1.29 is 14.3 Å². The van der Waals surface area contributed by atoms with Crippen molar-refractivity contribution in [2.24, 2.45) is 5.92 Å². The van der Waals surface area contributed by atoms with Crippen LogP contribution in [0.5, 0.6) is 0 Å². The van der Waals surface area contributed by atoms with Gasteiger partial charge in [0.05, 0.1) is 6.61 Å². The van der Waals surface area contributed by atoms with Gasteiger partial charge in [-0.1, -0.05) is 0 Å². The van der Waals surface area contributed by atoms with Gasteiger partial charge in [0.2, 0.25) is 0 Å². The Hall–Kier alpha value is -0.450. The molecule has 1 unspecified atom stereocenters. The van der Waals surface area contributed by atoms with Crippen LogP contribution >= 0.6 is 0 Å². The van der Waals surface area contributed by atoms with Crippen LogP contribution in [-0.4, -0.2) is 55.7 Å². The van der Waals surface area contributed by atoms with Gasteiger partial charge in [0.15, 0.2) is 5.78 Å². The average Bonchev–Trinajstić information content (AvgIpc) is 2.39. The molecule has 2 aliphatic heterocycles. The second-order valence-electron chi connectivity index (χ2n) is 5.24. The normalized spacial score (nSPS) is 28.5. The van der Waals surface area contributed by atoms with Crippen molar-refractivity contribution in [3.05, 3.63) is 0 Å². The molecule has 2 saturated heterocycles. The van der Waals surface area contributed by atoms with Gasteiger partial charge in [-0.2, -0.15) is 0 Å². The Labute approximate surface area is 103 Å². The number of nitrogens with zero attached hydrogens (tertiary/aromatic N) is 1. The molecule has 2 rings (SSSR count). The Morgan fingerprint density at radius 3 is 2.59 bits per heavy atom. The van der Waals surface area contributed by atoms with Gasteiger partial charge in [0.25, 0.3) is 0 Å². The molecular weight excluding hydrogens is 218 g/mol. The number of ketones is 1. The highest BCUT2D eigenvalue weighted by molar-refractivity contribution is 5.85. The molecule has 0 aromatic rings. The van der Waals surface area contributed by atoms with Crippen LogP contribution in [0.2, 0.25) is 0 Å². The van der Waals surface area contributed by atoms with E-state index in [2.05, 4.69) is 18.7 Å². The molecule has 4 nitrogen and oxygen atoms in total. The first-order valence-corrected chi connectivity index (χ1v) is 6.65. The maximum atomic E-state index is 12.3. The van der Waals surface area contributed by atoms with Crippen molar-refractivity contribution in [2.45, 2.75) is 38.8 Å². The van der Waals surface area contributed by atoms with Crippen LogP contribution in [-0.2, 0) is 14.3 Å². The van der Waals surface area contributed by atoms with Crippen molar-refractivity contribution in [1.82, 2.24) is 4.90 Å². The maximum absolute atomic E-state index is 12.3. The van der Waals surface area contributed by atoms with Gasteiger partial charge in [-0.3, -0.25) is 9.69 Å². The molecule has 0 aromatic heterocycles. The molecule has 0 aliphatic carbocycles. The molecular formula is C13H23NO3. The summed E-state index contributed by atoms with van der Waals surface area (Å²) in [5, 5.41) is 0. The molecule has 17 heavy (non-hydrogen) atoms. The van der Waals surface area contributed by atoms with Gasteiger partial charge in [0.1, 0.15) is 6.10 Å². The van der Waals surface area contributed by atoms with Crippen LogP contribution < -0.4 is 0 Å². The summed E-state index contributed by atoms with van der Waals surface area (Å²) in [7, 11) is 0. The minimum absolute atomic E-state index is 0.154. The van der Waals surface area contributed by atoms with E-state index in [1.165, 1.54) is 0 Å². The van der Waals surface area contributed by atoms with E-state index in [1.807, 2.05) is 0 Å². The lowest BCUT2D eigenvalue weighted by molar-refractivity contribution is -0.144. The van der Waals surface area contributed by atoms with Gasteiger partial charge in [0, 0.05) is 38.3 Å². The summed E-state index contributed by atoms with van der Waals surface area (Å²) in [5.41, 5.74) is 0. The number of morpholine rings is 1. The first kappa shape index (κ1) is 13.0. The Kier molecular flexibility index (Phi) is 4.54. The van der Waals surface area contributed by atoms with E-state index in [1.54, 1.807) is 0 Å². The van der Waals surface area contributed by atoms with E-state index in [9.17, 15) is 4.79 Å². The lowest BCUT2D eigenvalue weighted by atomic mass is 9.91. The van der Waals surface area contributed by atoms with Gasteiger partial charge in [-0.15, -0.1) is 0 Å². The molecule has 2 aliphatic rings. The number of carbonyl (C=O) groups is 1. The summed E-state index contributed by atoms with van der Waals surface area (Å²) in [5.74, 6) is 0.444. The quantitative estimate of drug-likeness (QED) is 0.741. The summed E-state index contributed by atoms with van der Waals surface area (Å²) in [6, 6.07) is 0.490. The number of Topliss-reactive ketones (excluding diaryl/α,β-unsaturated/α-hetero) is 1. The zero-order chi connectivity index (χ0) is 12.3. The van der Waals surface area contributed by atoms with Crippen molar-refractivity contribution in [2.75, 3.05) is 32.9 Å². The summed E-state index contributed by atoms with van der Waals surface area (Å²) >= 11 is 0. The molecule has 2 heterocycles. The summed E-state index contributed by atoms with van der Waals surface area (Å²) in [4.78, 5) is 14.6. The fourth-order valence-corrected chi connectivity index (χ4v) is 2.56. The largest absolute Gasteiger partial charge is 0.381 e. The van der Waals surface area contributed by atoms with Gasteiger partial charge >= 0.3 is 0 Å². The molecule has 2 fully saturated rings. The highest BCUT2D eigenvalue weighted by Crippen LogP contribution is 2.20. The highest BCUT2D eigenvalue weighted by atomic mass is 16.5. The molecule has 0 aromatic carbocycles. The molecule has 0 bridgehead atoms. The van der Waals surface area contributed by atoms with Crippen molar-refractivity contribution in [3.63, 3.8) is 0 Å². The van der Waals surface area contributed by atoms with E-state index in [4.69, 9.17) is 9.47 Å². The summed E-state index contributed by atoms with van der Waals surface area (Å²) < 4.78 is 10.9. The third kappa shape index (κ3) is 3.27. The van der Waals surface area contributed by atoms with E-state index >= 15 is 0 Å². The molecule has 0 N–H and O–H groups in total. The van der Waals surface area contributed by atoms with Crippen molar-refractivity contribution in [1.29, 1.82) is 0 Å². The Morgan fingerprint density at radius 2 is 1.94 bits per heavy atom. The first-order valence-electron chi connectivity index (χ1n) is 6.65. The maximum Gasteiger partial charge on any atom is 0.166 e. The van der Waals surface area contributed by atoms with Crippen LogP contribution in [0.15, 0.2) is 0 Å². The van der Waals surface area contributed by atoms with Crippen molar-refractivity contribution >= 4 is 5.78 Å². The number of carbonyl (C=O) groups excluding carboxylic acids is 1. The predicted octanol–water partition coefficient (Wildman–Crippen LogP) is 1.09. The van der Waals surface area contributed by atoms with Crippen LogP contribution in [0.25, 0.3) is 0 Å². The second-order valence-corrected chi connectivity index (χ2v) is 5.24. The number of hydrogen-bond acceptors (Lipinski definition) is 4. The van der Waals surface area contributed by atoms with Gasteiger partial charge < -0.3 is 9.47 Å². The summed E-state index contributed by atoms with van der Waals surface area (Å²) in [6.45, 7) is 8.15. The molecule has 0 radical (unpaired) electrons. The third-order valence-corrected chi connectivity index (χ3v) is 3.77. The fraction of sp³-hybridized carbons (Fsp3) is 0.923. The van der Waals surface area contributed by atoms with Crippen LogP contribution in [0.1, 0.15) is 26.7 Å². The molecule has 0 amide bonds. The Bertz CT molecular complexity index is 261. The monoisotopic (exact) mass is 241 g/mol. The standard InChI is InChI=1S/C13H23NO3/c1-10(2)14-5-8-17-12(9-14)13(15)11-3-6-16-7-4-11/h10-12H,3-9H2,1-2H3. The highest BCUT2D eigenvalue weighted by Gasteiger charge is 2.33. The molecule has 4 heteroatoms. The van der Waals surface area contributed by atoms with E-state index in [0.29, 0.717) is 18.4 Å². The zero-order valence-electron chi connectivity index (χ0n) is 10.9. The summed E-state index contributed by atoms with van der Waals surface area (Å²) in [6.07, 6.45) is 1.51. The van der Waals surface area contributed by atoms with E-state index < -0.39 is 0 Å². The van der Waals surface area contributed by atoms with Crippen LogP contribution in [0.4, 0.5) is 0 Å². The van der Waals surface area contributed by atoms with E-state index in [-0.39, 0.29) is 12.0 Å². The molecule has 0 saturated carbocycles. The molecule has 0 spiro atoms. The number of ether oxygens (including phenoxy) is 2. The average molecular weight is 241 g/mol. The first-order chi connectivity index (χ1) is 8.18. The van der Waals surface area contributed by atoms with Gasteiger partial charge in [-0.25, -0.2) is 0 Å². The number of hydrogen-bond donors (Lipinski definition) is 0. The minimum Gasteiger partial charge on any atom is -0.381 e. The molecule has 1 atom stereocenters. The zero-order valence-corrected chi connectivity index (χ0v) is 10.9. The lowest BCUT2D eigenvalue weighted by Crippen LogP contribution is -2.50. The molecule has 98 valence electrons. The number of rotatable bonds is 3. The topological polar surface area (TPSA) is 38.8 Å². The van der Waals surface area contributed by atoms with E-state index in [0.717, 1.165) is 39.1 Å². The van der Waals surface area contributed by atoms with Crippen LogP contribution in [0, 0.1) is 5.92 Å². The SMILES string of the molecule is CC(C)N1CCOC(C(=O)C2CCOCC2)C1.